The lowest BCUT2D eigenvalue weighted by Gasteiger charge is -2.25. The Labute approximate surface area is 114 Å². The first-order chi connectivity index (χ1) is 9.15. The fourth-order valence-corrected chi connectivity index (χ4v) is 2.41. The Kier molecular flexibility index (Phi) is 4.72. The summed E-state index contributed by atoms with van der Waals surface area (Å²) >= 11 is 0. The molecule has 0 N–H and O–H groups in total. The average molecular weight is 259 g/mol. The third-order valence-corrected chi connectivity index (χ3v) is 3.58. The highest BCUT2D eigenvalue weighted by molar-refractivity contribution is 5.87. The van der Waals surface area contributed by atoms with Crippen molar-refractivity contribution in [2.75, 3.05) is 13.1 Å². The summed E-state index contributed by atoms with van der Waals surface area (Å²) in [5.41, 5.74) is 2.53. The number of ketones is 1. The molecule has 1 saturated heterocycles. The van der Waals surface area contributed by atoms with Crippen LogP contribution < -0.4 is 0 Å². The van der Waals surface area contributed by atoms with E-state index >= 15 is 0 Å². The summed E-state index contributed by atoms with van der Waals surface area (Å²) in [7, 11) is 0. The molecule has 1 aliphatic rings. The summed E-state index contributed by atoms with van der Waals surface area (Å²) in [4.78, 5) is 25.0. The summed E-state index contributed by atoms with van der Waals surface area (Å²) in [6, 6.07) is 8.43. The van der Waals surface area contributed by atoms with Gasteiger partial charge in [0.1, 0.15) is 0 Å². The molecule has 2 rings (SSSR count). The van der Waals surface area contributed by atoms with Crippen molar-refractivity contribution >= 4 is 11.7 Å². The van der Waals surface area contributed by atoms with Gasteiger partial charge in [0.05, 0.1) is 6.54 Å². The van der Waals surface area contributed by atoms with Gasteiger partial charge in [-0.3, -0.25) is 9.59 Å². The Morgan fingerprint density at radius 1 is 1.26 bits per heavy atom. The number of hydrogen-bond acceptors (Lipinski definition) is 2. The third kappa shape index (κ3) is 4.19. The molecule has 1 heterocycles. The number of likely N-dealkylation sites (tertiary alicyclic amines) is 1. The number of aryl methyl sites for hydroxylation is 2. The maximum Gasteiger partial charge on any atom is 0.222 e. The quantitative estimate of drug-likeness (QED) is 0.833. The lowest BCUT2D eigenvalue weighted by molar-refractivity contribution is -0.137. The van der Waals surface area contributed by atoms with E-state index in [-0.39, 0.29) is 11.7 Å². The first kappa shape index (κ1) is 13.8. The van der Waals surface area contributed by atoms with Gasteiger partial charge in [-0.25, -0.2) is 0 Å². The summed E-state index contributed by atoms with van der Waals surface area (Å²) in [5.74, 6) is 0.318. The van der Waals surface area contributed by atoms with E-state index in [9.17, 15) is 9.59 Å². The highest BCUT2D eigenvalue weighted by Crippen LogP contribution is 2.11. The fourth-order valence-electron chi connectivity index (χ4n) is 2.41. The molecular formula is C16H21NO2. The van der Waals surface area contributed by atoms with Crippen molar-refractivity contribution in [3.05, 3.63) is 35.4 Å². The molecule has 0 aromatic heterocycles. The summed E-state index contributed by atoms with van der Waals surface area (Å²) in [6.07, 6.45) is 3.78. The number of carbonyl (C=O) groups excluding carboxylic acids is 2. The number of Topliss-reactive ketones (excluding diaryl/α,β-unsaturated/α-hetero) is 1. The van der Waals surface area contributed by atoms with Gasteiger partial charge in [-0.2, -0.15) is 0 Å². The molecule has 1 amide bonds. The summed E-state index contributed by atoms with van der Waals surface area (Å²) in [6.45, 7) is 3.14. The van der Waals surface area contributed by atoms with Gasteiger partial charge in [-0.15, -0.1) is 0 Å². The monoisotopic (exact) mass is 259 g/mol. The Hall–Kier alpha value is -1.64. The maximum atomic E-state index is 12.0. The maximum absolute atomic E-state index is 12.0. The minimum absolute atomic E-state index is 0.125. The molecule has 0 bridgehead atoms. The molecular weight excluding hydrogens is 238 g/mol. The number of amides is 1. The predicted octanol–water partition coefficient (Wildman–Crippen LogP) is 2.51. The SMILES string of the molecule is Cc1ccc(CCCC(=O)N2CCCC(=O)C2)cc1. The fraction of sp³-hybridized carbons (Fsp3) is 0.500. The average Bonchev–Trinajstić information content (AvgIpc) is 2.41. The van der Waals surface area contributed by atoms with E-state index < -0.39 is 0 Å². The predicted molar refractivity (Wildman–Crippen MR) is 74.9 cm³/mol. The zero-order valence-electron chi connectivity index (χ0n) is 11.5. The van der Waals surface area contributed by atoms with Crippen LogP contribution in [-0.2, 0) is 16.0 Å². The van der Waals surface area contributed by atoms with E-state index in [2.05, 4.69) is 31.2 Å². The second-order valence-electron chi connectivity index (χ2n) is 5.30. The Morgan fingerprint density at radius 2 is 2.00 bits per heavy atom. The van der Waals surface area contributed by atoms with E-state index in [1.165, 1.54) is 11.1 Å². The van der Waals surface area contributed by atoms with Gasteiger partial charge < -0.3 is 4.90 Å². The Balaban J connectivity index is 1.74. The van der Waals surface area contributed by atoms with E-state index in [4.69, 9.17) is 0 Å². The number of benzene rings is 1. The minimum Gasteiger partial charge on any atom is -0.335 e. The second kappa shape index (κ2) is 6.50. The van der Waals surface area contributed by atoms with Crippen molar-refractivity contribution in [1.82, 2.24) is 4.90 Å². The van der Waals surface area contributed by atoms with Crippen molar-refractivity contribution in [2.24, 2.45) is 0 Å². The zero-order chi connectivity index (χ0) is 13.7. The Morgan fingerprint density at radius 3 is 2.68 bits per heavy atom. The molecule has 0 radical (unpaired) electrons. The van der Waals surface area contributed by atoms with Crippen molar-refractivity contribution in [3.63, 3.8) is 0 Å². The van der Waals surface area contributed by atoms with Gasteiger partial charge >= 0.3 is 0 Å². The van der Waals surface area contributed by atoms with Gasteiger partial charge in [0, 0.05) is 19.4 Å². The number of nitrogens with zero attached hydrogens (tertiary/aromatic N) is 1. The largest absolute Gasteiger partial charge is 0.335 e. The molecule has 3 nitrogen and oxygen atoms in total. The van der Waals surface area contributed by atoms with Gasteiger partial charge in [0.25, 0.3) is 0 Å². The molecule has 0 aliphatic carbocycles. The number of rotatable bonds is 4. The lowest BCUT2D eigenvalue weighted by atomic mass is 10.1. The van der Waals surface area contributed by atoms with Crippen LogP contribution in [0.3, 0.4) is 0 Å². The van der Waals surface area contributed by atoms with E-state index in [0.29, 0.717) is 19.4 Å². The van der Waals surface area contributed by atoms with E-state index in [0.717, 1.165) is 25.8 Å². The summed E-state index contributed by atoms with van der Waals surface area (Å²) < 4.78 is 0. The van der Waals surface area contributed by atoms with Crippen LogP contribution in [0.25, 0.3) is 0 Å². The molecule has 19 heavy (non-hydrogen) atoms. The normalized spacial score (nSPS) is 15.6. The molecule has 1 aromatic rings. The molecule has 102 valence electrons. The van der Waals surface area contributed by atoms with Gasteiger partial charge in [0.15, 0.2) is 5.78 Å². The van der Waals surface area contributed by atoms with Crippen LogP contribution >= 0.6 is 0 Å². The third-order valence-electron chi connectivity index (χ3n) is 3.58. The van der Waals surface area contributed by atoms with Crippen molar-refractivity contribution < 1.29 is 9.59 Å². The number of piperidine rings is 1. The van der Waals surface area contributed by atoms with Crippen LogP contribution in [0.5, 0.6) is 0 Å². The molecule has 0 unspecified atom stereocenters. The first-order valence-electron chi connectivity index (χ1n) is 7.00. The topological polar surface area (TPSA) is 37.4 Å². The van der Waals surface area contributed by atoms with Gasteiger partial charge in [-0.05, 0) is 31.7 Å². The molecule has 0 spiro atoms. The van der Waals surface area contributed by atoms with Gasteiger partial charge in [0.2, 0.25) is 5.91 Å². The lowest BCUT2D eigenvalue weighted by Crippen LogP contribution is -2.40. The minimum atomic E-state index is 0.125. The van der Waals surface area contributed by atoms with Crippen LogP contribution in [0, 0.1) is 6.92 Å². The van der Waals surface area contributed by atoms with Crippen LogP contribution in [0.4, 0.5) is 0 Å². The standard InChI is InChI=1S/C16H21NO2/c1-13-7-9-14(10-8-13)4-2-6-16(19)17-11-3-5-15(18)12-17/h7-10H,2-6,11-12H2,1H3. The molecule has 0 saturated carbocycles. The number of hydrogen-bond donors (Lipinski definition) is 0. The molecule has 3 heteroatoms. The van der Waals surface area contributed by atoms with Crippen molar-refractivity contribution in [3.8, 4) is 0 Å². The smallest absolute Gasteiger partial charge is 0.222 e. The van der Waals surface area contributed by atoms with Crippen molar-refractivity contribution in [2.45, 2.75) is 39.0 Å². The molecule has 1 fully saturated rings. The van der Waals surface area contributed by atoms with E-state index in [1.807, 2.05) is 0 Å². The van der Waals surface area contributed by atoms with Crippen LogP contribution in [-0.4, -0.2) is 29.7 Å². The summed E-state index contributed by atoms with van der Waals surface area (Å²) in [5, 5.41) is 0. The second-order valence-corrected chi connectivity index (χ2v) is 5.30. The van der Waals surface area contributed by atoms with Crippen molar-refractivity contribution in [1.29, 1.82) is 0 Å². The molecule has 1 aliphatic heterocycles. The van der Waals surface area contributed by atoms with Gasteiger partial charge in [-0.1, -0.05) is 29.8 Å². The number of carbonyl (C=O) groups is 2. The van der Waals surface area contributed by atoms with Crippen LogP contribution in [0.15, 0.2) is 24.3 Å². The zero-order valence-corrected chi connectivity index (χ0v) is 11.5. The molecule has 1 aromatic carbocycles. The van der Waals surface area contributed by atoms with E-state index in [1.54, 1.807) is 4.90 Å². The molecule has 0 atom stereocenters. The Bertz CT molecular complexity index is 450. The highest BCUT2D eigenvalue weighted by atomic mass is 16.2. The van der Waals surface area contributed by atoms with Crippen LogP contribution in [0.1, 0.15) is 36.8 Å². The first-order valence-corrected chi connectivity index (χ1v) is 7.00. The highest BCUT2D eigenvalue weighted by Gasteiger charge is 2.20. The van der Waals surface area contributed by atoms with Crippen LogP contribution in [0.2, 0.25) is 0 Å².